The highest BCUT2D eigenvalue weighted by Crippen LogP contribution is 2.38. The van der Waals surface area contributed by atoms with E-state index in [2.05, 4.69) is 5.32 Å². The van der Waals surface area contributed by atoms with Crippen LogP contribution in [0, 0.1) is 11.8 Å². The summed E-state index contributed by atoms with van der Waals surface area (Å²) in [5.41, 5.74) is 0.000227. The lowest BCUT2D eigenvalue weighted by Gasteiger charge is -2.15. The van der Waals surface area contributed by atoms with E-state index in [1.807, 2.05) is 6.92 Å². The smallest absolute Gasteiger partial charge is 0.349 e. The van der Waals surface area contributed by atoms with Gasteiger partial charge in [0.2, 0.25) is 5.91 Å². The fourth-order valence-electron chi connectivity index (χ4n) is 2.05. The zero-order valence-electron chi connectivity index (χ0n) is 10.8. The molecule has 0 bridgehead atoms. The minimum absolute atomic E-state index is 0.0140. The van der Waals surface area contributed by atoms with Crippen molar-refractivity contribution in [1.82, 2.24) is 5.32 Å². The normalized spacial score (nSPS) is 23.8. The number of benzene rings is 1. The Balaban J connectivity index is 1.99. The number of nitrogens with one attached hydrogen (secondary N) is 1. The van der Waals surface area contributed by atoms with Crippen molar-refractivity contribution in [3.05, 3.63) is 35.4 Å². The lowest BCUT2D eigenvalue weighted by Crippen LogP contribution is -2.28. The number of hydrogen-bond donors (Lipinski definition) is 1. The first kappa shape index (κ1) is 13.9. The summed E-state index contributed by atoms with van der Waals surface area (Å²) in [6, 6.07) is 4.62. The van der Waals surface area contributed by atoms with Crippen molar-refractivity contribution >= 4 is 5.91 Å². The number of halogens is 3. The lowest BCUT2D eigenvalue weighted by molar-refractivity contribution is -0.137. The van der Waals surface area contributed by atoms with Crippen LogP contribution < -0.4 is 5.32 Å². The first-order valence-corrected chi connectivity index (χ1v) is 6.26. The van der Waals surface area contributed by atoms with Gasteiger partial charge in [-0.05, 0) is 37.0 Å². The van der Waals surface area contributed by atoms with Crippen molar-refractivity contribution in [2.45, 2.75) is 32.5 Å². The molecule has 1 N–H and O–H groups in total. The van der Waals surface area contributed by atoms with Crippen LogP contribution in [0.5, 0.6) is 0 Å². The number of hydrogen-bond acceptors (Lipinski definition) is 1. The third-order valence-corrected chi connectivity index (χ3v) is 3.54. The molecule has 19 heavy (non-hydrogen) atoms. The zero-order valence-corrected chi connectivity index (χ0v) is 10.8. The SMILES string of the molecule is C[C@H](NC(=O)[C@H]1C[C@@H]1C)c1ccc(C(F)(F)F)cc1. The van der Waals surface area contributed by atoms with Crippen LogP contribution in [0.25, 0.3) is 0 Å². The fraction of sp³-hybridized carbons (Fsp3) is 0.500. The van der Waals surface area contributed by atoms with E-state index in [9.17, 15) is 18.0 Å². The highest BCUT2D eigenvalue weighted by atomic mass is 19.4. The third-order valence-electron chi connectivity index (χ3n) is 3.54. The highest BCUT2D eigenvalue weighted by Gasteiger charge is 2.39. The fourth-order valence-corrected chi connectivity index (χ4v) is 2.05. The van der Waals surface area contributed by atoms with Gasteiger partial charge in [-0.25, -0.2) is 0 Å². The molecule has 5 heteroatoms. The molecule has 1 fully saturated rings. The van der Waals surface area contributed by atoms with Gasteiger partial charge in [-0.2, -0.15) is 13.2 Å². The van der Waals surface area contributed by atoms with Crippen molar-refractivity contribution in [3.8, 4) is 0 Å². The molecule has 2 nitrogen and oxygen atoms in total. The second-order valence-corrected chi connectivity index (χ2v) is 5.17. The Kier molecular flexibility index (Phi) is 3.56. The van der Waals surface area contributed by atoms with E-state index in [1.54, 1.807) is 6.92 Å². The Morgan fingerprint density at radius 1 is 1.32 bits per heavy atom. The van der Waals surface area contributed by atoms with Gasteiger partial charge < -0.3 is 5.32 Å². The van der Waals surface area contributed by atoms with E-state index in [1.165, 1.54) is 12.1 Å². The molecule has 1 amide bonds. The minimum atomic E-state index is -4.32. The van der Waals surface area contributed by atoms with Crippen molar-refractivity contribution in [3.63, 3.8) is 0 Å². The van der Waals surface area contributed by atoms with E-state index in [0.29, 0.717) is 11.5 Å². The van der Waals surface area contributed by atoms with Crippen LogP contribution in [0.2, 0.25) is 0 Å². The summed E-state index contributed by atoms with van der Waals surface area (Å²) in [7, 11) is 0. The van der Waals surface area contributed by atoms with Crippen LogP contribution >= 0.6 is 0 Å². The van der Waals surface area contributed by atoms with Gasteiger partial charge in [0, 0.05) is 5.92 Å². The number of alkyl halides is 3. The van der Waals surface area contributed by atoms with E-state index in [4.69, 9.17) is 0 Å². The Hall–Kier alpha value is -1.52. The zero-order chi connectivity index (χ0) is 14.2. The number of carbonyl (C=O) groups excluding carboxylic acids is 1. The number of carbonyl (C=O) groups is 1. The monoisotopic (exact) mass is 271 g/mol. The summed E-state index contributed by atoms with van der Waals surface area (Å²) in [5.74, 6) is 0.469. The Labute approximate surface area is 110 Å². The van der Waals surface area contributed by atoms with E-state index in [0.717, 1.165) is 18.6 Å². The standard InChI is InChI=1S/C14H16F3NO/c1-8-7-12(8)13(19)18-9(2)10-3-5-11(6-4-10)14(15,16)17/h3-6,8-9,12H,7H2,1-2H3,(H,18,19)/t8-,9-,12-/m0/s1. The van der Waals surface area contributed by atoms with E-state index < -0.39 is 11.7 Å². The van der Waals surface area contributed by atoms with Crippen LogP contribution in [0.1, 0.15) is 37.4 Å². The lowest BCUT2D eigenvalue weighted by atomic mass is 10.1. The average molecular weight is 271 g/mol. The van der Waals surface area contributed by atoms with Gasteiger partial charge >= 0.3 is 6.18 Å². The van der Waals surface area contributed by atoms with Gasteiger partial charge in [-0.15, -0.1) is 0 Å². The maximum atomic E-state index is 12.4. The second kappa shape index (κ2) is 4.87. The largest absolute Gasteiger partial charge is 0.416 e. The van der Waals surface area contributed by atoms with Gasteiger partial charge in [-0.3, -0.25) is 4.79 Å². The van der Waals surface area contributed by atoms with Gasteiger partial charge in [0.05, 0.1) is 11.6 Å². The summed E-state index contributed by atoms with van der Waals surface area (Å²) >= 11 is 0. The molecule has 0 heterocycles. The summed E-state index contributed by atoms with van der Waals surface area (Å²) in [6.45, 7) is 3.78. The van der Waals surface area contributed by atoms with Gasteiger partial charge in [-0.1, -0.05) is 19.1 Å². The molecule has 0 aromatic heterocycles. The summed E-state index contributed by atoms with van der Waals surface area (Å²) < 4.78 is 37.3. The van der Waals surface area contributed by atoms with Gasteiger partial charge in [0.15, 0.2) is 0 Å². The van der Waals surface area contributed by atoms with Crippen LogP contribution in [0.15, 0.2) is 24.3 Å². The van der Waals surface area contributed by atoms with Crippen molar-refractivity contribution in [1.29, 1.82) is 0 Å². The Morgan fingerprint density at radius 3 is 2.26 bits per heavy atom. The molecule has 0 spiro atoms. The van der Waals surface area contributed by atoms with Gasteiger partial charge in [0.25, 0.3) is 0 Å². The van der Waals surface area contributed by atoms with Crippen molar-refractivity contribution < 1.29 is 18.0 Å². The third kappa shape index (κ3) is 3.28. The molecule has 0 radical (unpaired) electrons. The highest BCUT2D eigenvalue weighted by molar-refractivity contribution is 5.81. The molecule has 1 aromatic rings. The predicted molar refractivity (Wildman–Crippen MR) is 65.3 cm³/mol. The molecular weight excluding hydrogens is 255 g/mol. The molecule has 0 aliphatic heterocycles. The van der Waals surface area contributed by atoms with Crippen LogP contribution in [-0.4, -0.2) is 5.91 Å². The molecule has 1 aliphatic rings. The Bertz CT molecular complexity index is 467. The number of rotatable bonds is 3. The van der Waals surface area contributed by atoms with Crippen molar-refractivity contribution in [2.24, 2.45) is 11.8 Å². The molecule has 0 unspecified atom stereocenters. The maximum Gasteiger partial charge on any atom is 0.416 e. The molecule has 2 rings (SSSR count). The summed E-state index contributed by atoms with van der Waals surface area (Å²) in [5, 5.41) is 2.83. The average Bonchev–Trinajstić information content (AvgIpc) is 3.05. The van der Waals surface area contributed by atoms with E-state index in [-0.39, 0.29) is 17.9 Å². The topological polar surface area (TPSA) is 29.1 Å². The van der Waals surface area contributed by atoms with Crippen molar-refractivity contribution in [2.75, 3.05) is 0 Å². The van der Waals surface area contributed by atoms with Gasteiger partial charge in [0.1, 0.15) is 0 Å². The van der Waals surface area contributed by atoms with E-state index >= 15 is 0 Å². The summed E-state index contributed by atoms with van der Waals surface area (Å²) in [6.07, 6.45) is -3.43. The summed E-state index contributed by atoms with van der Waals surface area (Å²) in [4.78, 5) is 11.7. The second-order valence-electron chi connectivity index (χ2n) is 5.17. The molecule has 3 atom stereocenters. The molecule has 0 saturated heterocycles. The minimum Gasteiger partial charge on any atom is -0.349 e. The van der Waals surface area contributed by atoms with Crippen LogP contribution in [0.3, 0.4) is 0 Å². The molecule has 1 saturated carbocycles. The number of amides is 1. The quantitative estimate of drug-likeness (QED) is 0.895. The molecule has 1 aromatic carbocycles. The first-order valence-electron chi connectivity index (χ1n) is 6.26. The molecular formula is C14H16F3NO. The van der Waals surface area contributed by atoms with Crippen LogP contribution in [-0.2, 0) is 11.0 Å². The molecule has 1 aliphatic carbocycles. The maximum absolute atomic E-state index is 12.4. The predicted octanol–water partition coefficient (Wildman–Crippen LogP) is 3.54. The van der Waals surface area contributed by atoms with Crippen LogP contribution in [0.4, 0.5) is 13.2 Å². The Morgan fingerprint density at radius 2 is 1.84 bits per heavy atom. The first-order chi connectivity index (χ1) is 8.79. The molecule has 104 valence electrons.